The topological polar surface area (TPSA) is 26.7 Å². The van der Waals surface area contributed by atoms with Gasteiger partial charge in [0.2, 0.25) is 0 Å². The molecule has 1 aliphatic heterocycles. The lowest BCUT2D eigenvalue weighted by Crippen LogP contribution is -2.48. The van der Waals surface area contributed by atoms with Crippen LogP contribution in [-0.4, -0.2) is 60.3 Å². The Labute approximate surface area is 131 Å². The third-order valence-electron chi connectivity index (χ3n) is 3.63. The summed E-state index contributed by atoms with van der Waals surface area (Å²) >= 11 is 12.0. The second kappa shape index (κ2) is 7.62. The highest BCUT2D eigenvalue weighted by Crippen LogP contribution is 2.19. The normalized spacial score (nSPS) is 19.2. The first-order valence-electron chi connectivity index (χ1n) is 7.10. The van der Waals surface area contributed by atoms with Crippen LogP contribution in [0.4, 0.5) is 0 Å². The molecule has 0 radical (unpaired) electrons. The molecule has 112 valence electrons. The minimum absolute atomic E-state index is 0.241. The van der Waals surface area contributed by atoms with E-state index in [-0.39, 0.29) is 6.10 Å². The largest absolute Gasteiger partial charge is 0.392 e. The summed E-state index contributed by atoms with van der Waals surface area (Å²) in [6, 6.07) is 5.73. The van der Waals surface area contributed by atoms with Gasteiger partial charge in [0.05, 0.1) is 6.10 Å². The van der Waals surface area contributed by atoms with Crippen molar-refractivity contribution in [2.45, 2.75) is 19.4 Å². The van der Waals surface area contributed by atoms with Crippen molar-refractivity contribution in [1.29, 1.82) is 0 Å². The number of benzene rings is 1. The average Bonchev–Trinajstić information content (AvgIpc) is 2.36. The maximum atomic E-state index is 9.39. The minimum atomic E-state index is -0.241. The van der Waals surface area contributed by atoms with Gasteiger partial charge in [-0.2, -0.15) is 0 Å². The van der Waals surface area contributed by atoms with Gasteiger partial charge in [-0.1, -0.05) is 23.2 Å². The molecule has 1 N–H and O–H groups in total. The van der Waals surface area contributed by atoms with Crippen LogP contribution in [0, 0.1) is 0 Å². The zero-order valence-corrected chi connectivity index (χ0v) is 13.4. The van der Waals surface area contributed by atoms with E-state index in [9.17, 15) is 5.11 Å². The van der Waals surface area contributed by atoms with Crippen molar-refractivity contribution in [3.8, 4) is 0 Å². The zero-order valence-electron chi connectivity index (χ0n) is 11.9. The van der Waals surface area contributed by atoms with E-state index in [0.717, 1.165) is 45.7 Å². The quantitative estimate of drug-likeness (QED) is 0.904. The molecule has 1 aliphatic rings. The van der Waals surface area contributed by atoms with Crippen molar-refractivity contribution in [2.75, 3.05) is 39.3 Å². The number of aliphatic hydroxyl groups excluding tert-OH is 1. The Morgan fingerprint density at radius 1 is 1.05 bits per heavy atom. The van der Waals surface area contributed by atoms with Gasteiger partial charge in [-0.25, -0.2) is 0 Å². The van der Waals surface area contributed by atoms with Gasteiger partial charge in [0.25, 0.3) is 0 Å². The Bertz CT molecular complexity index is 412. The summed E-state index contributed by atoms with van der Waals surface area (Å²) in [5.41, 5.74) is 1.19. The van der Waals surface area contributed by atoms with E-state index in [2.05, 4.69) is 9.80 Å². The predicted octanol–water partition coefficient (Wildman–Crippen LogP) is 2.53. The van der Waals surface area contributed by atoms with E-state index in [1.54, 1.807) is 6.07 Å². The molecule has 0 aliphatic carbocycles. The van der Waals surface area contributed by atoms with Crippen LogP contribution in [0.1, 0.15) is 12.5 Å². The van der Waals surface area contributed by atoms with Crippen LogP contribution in [0.15, 0.2) is 18.2 Å². The van der Waals surface area contributed by atoms with E-state index >= 15 is 0 Å². The second-order valence-electron chi connectivity index (χ2n) is 5.52. The minimum Gasteiger partial charge on any atom is -0.392 e. The lowest BCUT2D eigenvalue weighted by molar-refractivity contribution is 0.0813. The molecule has 0 bridgehead atoms. The lowest BCUT2D eigenvalue weighted by atomic mass is 10.1. The van der Waals surface area contributed by atoms with E-state index < -0.39 is 0 Å². The number of rotatable bonds is 5. The van der Waals surface area contributed by atoms with Crippen LogP contribution in [0.3, 0.4) is 0 Å². The zero-order chi connectivity index (χ0) is 14.5. The highest BCUT2D eigenvalue weighted by atomic mass is 35.5. The second-order valence-corrected chi connectivity index (χ2v) is 6.39. The molecule has 1 aromatic carbocycles. The number of nitrogens with zero attached hydrogens (tertiary/aromatic N) is 2. The standard InChI is InChI=1S/C15H22Cl2N2O/c1-12(20)11-19-6-4-18(5-7-19)3-2-13-8-14(16)10-15(17)9-13/h8-10,12,20H,2-7,11H2,1H3/t12-/m1/s1. The monoisotopic (exact) mass is 316 g/mol. The maximum absolute atomic E-state index is 9.39. The van der Waals surface area contributed by atoms with E-state index in [1.807, 2.05) is 19.1 Å². The molecular formula is C15H22Cl2N2O. The molecule has 1 fully saturated rings. The van der Waals surface area contributed by atoms with Crippen LogP contribution >= 0.6 is 23.2 Å². The summed E-state index contributed by atoms with van der Waals surface area (Å²) in [7, 11) is 0. The summed E-state index contributed by atoms with van der Waals surface area (Å²) in [5.74, 6) is 0. The van der Waals surface area contributed by atoms with Gasteiger partial charge < -0.3 is 10.0 Å². The van der Waals surface area contributed by atoms with E-state index in [0.29, 0.717) is 10.0 Å². The Kier molecular flexibility index (Phi) is 6.12. The van der Waals surface area contributed by atoms with Gasteiger partial charge >= 0.3 is 0 Å². The Hall–Kier alpha value is -0.320. The first kappa shape index (κ1) is 16.1. The molecule has 0 amide bonds. The third-order valence-corrected chi connectivity index (χ3v) is 4.06. The van der Waals surface area contributed by atoms with Gasteiger partial charge in [0.15, 0.2) is 0 Å². The van der Waals surface area contributed by atoms with Gasteiger partial charge in [0, 0.05) is 49.3 Å². The lowest BCUT2D eigenvalue weighted by Gasteiger charge is -2.35. The van der Waals surface area contributed by atoms with E-state index in [1.165, 1.54) is 5.56 Å². The smallest absolute Gasteiger partial charge is 0.0639 e. The van der Waals surface area contributed by atoms with Gasteiger partial charge in [0.1, 0.15) is 0 Å². The molecule has 1 saturated heterocycles. The maximum Gasteiger partial charge on any atom is 0.0639 e. The number of β-amino-alcohol motifs (C(OH)–C–C–N with tert-alkyl or cyclic N) is 1. The van der Waals surface area contributed by atoms with E-state index in [4.69, 9.17) is 23.2 Å². The van der Waals surface area contributed by atoms with Gasteiger partial charge in [-0.05, 0) is 37.1 Å². The van der Waals surface area contributed by atoms with Crippen molar-refractivity contribution < 1.29 is 5.11 Å². The summed E-state index contributed by atoms with van der Waals surface area (Å²) in [6.45, 7) is 7.82. The van der Waals surface area contributed by atoms with Crippen LogP contribution < -0.4 is 0 Å². The Morgan fingerprint density at radius 3 is 2.15 bits per heavy atom. The SMILES string of the molecule is C[C@@H](O)CN1CCN(CCc2cc(Cl)cc(Cl)c2)CC1. The number of piperazine rings is 1. The first-order chi connectivity index (χ1) is 9.52. The molecule has 2 rings (SSSR count). The molecule has 0 spiro atoms. The summed E-state index contributed by atoms with van der Waals surface area (Å²) in [4.78, 5) is 4.77. The fourth-order valence-electron chi connectivity index (χ4n) is 2.61. The molecule has 3 nitrogen and oxygen atoms in total. The van der Waals surface area contributed by atoms with Crippen molar-refractivity contribution in [3.05, 3.63) is 33.8 Å². The van der Waals surface area contributed by atoms with Crippen molar-refractivity contribution in [3.63, 3.8) is 0 Å². The highest BCUT2D eigenvalue weighted by molar-refractivity contribution is 6.34. The van der Waals surface area contributed by atoms with Crippen molar-refractivity contribution in [1.82, 2.24) is 9.80 Å². The van der Waals surface area contributed by atoms with Crippen LogP contribution in [0.2, 0.25) is 10.0 Å². The Balaban J connectivity index is 1.76. The molecule has 5 heteroatoms. The van der Waals surface area contributed by atoms with Gasteiger partial charge in [-0.3, -0.25) is 4.90 Å². The third kappa shape index (κ3) is 5.23. The molecule has 0 unspecified atom stereocenters. The molecule has 1 atom stereocenters. The number of hydrogen-bond acceptors (Lipinski definition) is 3. The summed E-state index contributed by atoms with van der Waals surface area (Å²) < 4.78 is 0. The van der Waals surface area contributed by atoms with Crippen LogP contribution in [0.5, 0.6) is 0 Å². The van der Waals surface area contributed by atoms with Gasteiger partial charge in [-0.15, -0.1) is 0 Å². The number of aliphatic hydroxyl groups is 1. The van der Waals surface area contributed by atoms with Crippen molar-refractivity contribution >= 4 is 23.2 Å². The average molecular weight is 317 g/mol. The highest BCUT2D eigenvalue weighted by Gasteiger charge is 2.17. The first-order valence-corrected chi connectivity index (χ1v) is 7.86. The predicted molar refractivity (Wildman–Crippen MR) is 84.7 cm³/mol. The molecule has 1 heterocycles. The van der Waals surface area contributed by atoms with Crippen molar-refractivity contribution in [2.24, 2.45) is 0 Å². The molecule has 20 heavy (non-hydrogen) atoms. The number of halogens is 2. The Morgan fingerprint density at radius 2 is 1.60 bits per heavy atom. The fourth-order valence-corrected chi connectivity index (χ4v) is 3.18. The van der Waals surface area contributed by atoms with Crippen LogP contribution in [0.25, 0.3) is 0 Å². The molecular weight excluding hydrogens is 295 g/mol. The van der Waals surface area contributed by atoms with Crippen LogP contribution in [-0.2, 0) is 6.42 Å². The molecule has 0 aromatic heterocycles. The fraction of sp³-hybridized carbons (Fsp3) is 0.600. The number of hydrogen-bond donors (Lipinski definition) is 1. The summed E-state index contributed by atoms with van der Waals surface area (Å²) in [5, 5.41) is 10.8. The summed E-state index contributed by atoms with van der Waals surface area (Å²) in [6.07, 6.45) is 0.728. The molecule has 0 saturated carbocycles. The molecule has 1 aromatic rings.